The standard InChI is InChI=1S/C22H19F3N4O2S/c1-13(21(30)29-12-32-11-19(29)26-2)7-14-9-27-18-5-4-16(8-17(14)18)31-20-6-3-15(10-28-20)22(23,24)25/h3-6,8-10,13,19,27H,7,11-12H2,1H3/t13-,19+/m0/s1. The fourth-order valence-electron chi connectivity index (χ4n) is 3.57. The SMILES string of the molecule is [C-]#[N+][C@H]1CSCN1C(=O)[C@@H](C)Cc1c[nH]c2ccc(Oc3ccc(C(F)(F)F)cn3)cc12. The topological polar surface area (TPSA) is 62.6 Å². The van der Waals surface area contributed by atoms with Crippen LogP contribution in [-0.4, -0.2) is 38.6 Å². The monoisotopic (exact) mass is 460 g/mol. The molecule has 0 spiro atoms. The number of halogens is 3. The Morgan fingerprint density at radius 3 is 2.91 bits per heavy atom. The molecule has 2 aromatic heterocycles. The van der Waals surface area contributed by atoms with Crippen molar-refractivity contribution in [2.75, 3.05) is 11.6 Å². The predicted molar refractivity (Wildman–Crippen MR) is 115 cm³/mol. The summed E-state index contributed by atoms with van der Waals surface area (Å²) in [7, 11) is 0. The summed E-state index contributed by atoms with van der Waals surface area (Å²) in [5, 5.41) is 0.853. The molecule has 10 heteroatoms. The summed E-state index contributed by atoms with van der Waals surface area (Å²) in [5.74, 6) is 1.28. The number of aromatic nitrogens is 2. The molecular weight excluding hydrogens is 441 g/mol. The first-order chi connectivity index (χ1) is 15.3. The Bertz CT molecular complexity index is 1170. The number of hydrogen-bond acceptors (Lipinski definition) is 4. The van der Waals surface area contributed by atoms with Crippen LogP contribution < -0.4 is 4.74 Å². The lowest BCUT2D eigenvalue weighted by molar-refractivity contribution is -0.138. The van der Waals surface area contributed by atoms with Gasteiger partial charge in [-0.15, -0.1) is 11.8 Å². The van der Waals surface area contributed by atoms with E-state index in [1.807, 2.05) is 13.1 Å². The van der Waals surface area contributed by atoms with Crippen molar-refractivity contribution in [2.45, 2.75) is 25.7 Å². The van der Waals surface area contributed by atoms with E-state index in [9.17, 15) is 18.0 Å². The largest absolute Gasteiger partial charge is 0.439 e. The van der Waals surface area contributed by atoms with Crippen LogP contribution in [0.3, 0.4) is 0 Å². The molecule has 0 bridgehead atoms. The Labute approximate surface area is 186 Å². The second kappa shape index (κ2) is 8.74. The second-order valence-corrected chi connectivity index (χ2v) is 8.53. The number of carbonyl (C=O) groups excluding carboxylic acids is 1. The average Bonchev–Trinajstić information content (AvgIpc) is 3.40. The lowest BCUT2D eigenvalue weighted by atomic mass is 9.99. The van der Waals surface area contributed by atoms with Crippen molar-refractivity contribution in [3.8, 4) is 11.6 Å². The summed E-state index contributed by atoms with van der Waals surface area (Å²) >= 11 is 1.58. The molecule has 2 atom stereocenters. The van der Waals surface area contributed by atoms with E-state index in [2.05, 4.69) is 14.8 Å². The number of nitrogens with one attached hydrogen (secondary N) is 1. The number of fused-ring (bicyclic) bond motifs is 1. The minimum atomic E-state index is -4.46. The molecule has 1 N–H and O–H groups in total. The normalized spacial score (nSPS) is 17.3. The average molecular weight is 460 g/mol. The molecule has 6 nitrogen and oxygen atoms in total. The Hall–Kier alpha value is -3.19. The summed E-state index contributed by atoms with van der Waals surface area (Å²) < 4.78 is 43.8. The predicted octanol–water partition coefficient (Wildman–Crippen LogP) is 5.33. The van der Waals surface area contributed by atoms with Gasteiger partial charge in [0, 0.05) is 35.3 Å². The number of thioether (sulfide) groups is 1. The Kier molecular flexibility index (Phi) is 6.02. The third-order valence-corrected chi connectivity index (χ3v) is 6.26. The molecule has 0 radical (unpaired) electrons. The van der Waals surface area contributed by atoms with Gasteiger partial charge in [0.1, 0.15) is 5.75 Å². The summed E-state index contributed by atoms with van der Waals surface area (Å²) in [5.41, 5.74) is 0.921. The first-order valence-electron chi connectivity index (χ1n) is 9.82. The zero-order valence-corrected chi connectivity index (χ0v) is 17.8. The van der Waals surface area contributed by atoms with Crippen LogP contribution in [0.5, 0.6) is 11.6 Å². The molecule has 0 saturated carbocycles. The van der Waals surface area contributed by atoms with Crippen molar-refractivity contribution in [3.63, 3.8) is 0 Å². The van der Waals surface area contributed by atoms with Gasteiger partial charge < -0.3 is 9.72 Å². The summed E-state index contributed by atoms with van der Waals surface area (Å²) in [6.07, 6.45) is -1.82. The summed E-state index contributed by atoms with van der Waals surface area (Å²) in [6.45, 7) is 9.11. The quantitative estimate of drug-likeness (QED) is 0.523. The number of alkyl halides is 3. The Morgan fingerprint density at radius 2 is 2.22 bits per heavy atom. The van der Waals surface area contributed by atoms with Crippen molar-refractivity contribution in [2.24, 2.45) is 5.92 Å². The summed E-state index contributed by atoms with van der Waals surface area (Å²) in [4.78, 5) is 24.9. The maximum absolute atomic E-state index is 12.8. The van der Waals surface area contributed by atoms with E-state index in [0.29, 0.717) is 23.8 Å². The fourth-order valence-corrected chi connectivity index (χ4v) is 4.64. The van der Waals surface area contributed by atoms with Crippen molar-refractivity contribution in [1.29, 1.82) is 0 Å². The van der Waals surface area contributed by atoms with Gasteiger partial charge in [0.2, 0.25) is 11.8 Å². The van der Waals surface area contributed by atoms with Crippen LogP contribution in [0.25, 0.3) is 15.7 Å². The number of ether oxygens (including phenoxy) is 1. The number of rotatable bonds is 5. The van der Waals surface area contributed by atoms with Crippen LogP contribution in [0.2, 0.25) is 0 Å². The third-order valence-electron chi connectivity index (χ3n) is 5.26. The Morgan fingerprint density at radius 1 is 1.41 bits per heavy atom. The second-order valence-electron chi connectivity index (χ2n) is 7.53. The van der Waals surface area contributed by atoms with Crippen LogP contribution in [-0.2, 0) is 17.4 Å². The number of amides is 1. The highest BCUT2D eigenvalue weighted by Gasteiger charge is 2.36. The minimum absolute atomic E-state index is 0.0493. The molecule has 4 rings (SSSR count). The Balaban J connectivity index is 1.50. The van der Waals surface area contributed by atoms with Crippen molar-refractivity contribution in [3.05, 3.63) is 65.3 Å². The molecule has 3 aromatic rings. The maximum Gasteiger partial charge on any atom is 0.417 e. The van der Waals surface area contributed by atoms with E-state index in [-0.39, 0.29) is 17.7 Å². The van der Waals surface area contributed by atoms with Crippen molar-refractivity contribution < 1.29 is 22.7 Å². The van der Waals surface area contributed by atoms with E-state index in [1.54, 1.807) is 34.9 Å². The van der Waals surface area contributed by atoms with Gasteiger partial charge in [0.05, 0.1) is 17.2 Å². The smallest absolute Gasteiger partial charge is 0.417 e. The number of benzene rings is 1. The molecule has 1 saturated heterocycles. The van der Waals surface area contributed by atoms with Crippen LogP contribution >= 0.6 is 11.8 Å². The highest BCUT2D eigenvalue weighted by molar-refractivity contribution is 7.99. The van der Waals surface area contributed by atoms with Gasteiger partial charge in [-0.2, -0.15) is 13.2 Å². The lowest BCUT2D eigenvalue weighted by Crippen LogP contribution is -2.38. The van der Waals surface area contributed by atoms with E-state index >= 15 is 0 Å². The van der Waals surface area contributed by atoms with Crippen LogP contribution in [0, 0.1) is 12.5 Å². The number of H-pyrrole nitrogens is 1. The van der Waals surface area contributed by atoms with Gasteiger partial charge in [-0.25, -0.2) is 11.6 Å². The van der Waals surface area contributed by atoms with Gasteiger partial charge in [-0.3, -0.25) is 14.5 Å². The van der Waals surface area contributed by atoms with Gasteiger partial charge in [0.15, 0.2) is 0 Å². The minimum Gasteiger partial charge on any atom is -0.439 e. The molecule has 0 aliphatic carbocycles. The van der Waals surface area contributed by atoms with Gasteiger partial charge in [-0.1, -0.05) is 6.92 Å². The number of nitrogens with zero attached hydrogens (tertiary/aromatic N) is 3. The molecule has 1 aromatic carbocycles. The van der Waals surface area contributed by atoms with Gasteiger partial charge in [0.25, 0.3) is 0 Å². The lowest BCUT2D eigenvalue weighted by Gasteiger charge is -2.20. The van der Waals surface area contributed by atoms with Crippen LogP contribution in [0.4, 0.5) is 13.2 Å². The number of hydrogen-bond donors (Lipinski definition) is 1. The highest BCUT2D eigenvalue weighted by atomic mass is 32.2. The summed E-state index contributed by atoms with van der Waals surface area (Å²) in [6, 6.07) is 7.36. The fraction of sp³-hybridized carbons (Fsp3) is 0.318. The molecular formula is C22H19F3N4O2S. The number of aromatic amines is 1. The van der Waals surface area contributed by atoms with E-state index in [4.69, 9.17) is 11.3 Å². The zero-order chi connectivity index (χ0) is 22.9. The van der Waals surface area contributed by atoms with E-state index in [1.165, 1.54) is 6.07 Å². The highest BCUT2D eigenvalue weighted by Crippen LogP contribution is 2.32. The molecule has 166 valence electrons. The van der Waals surface area contributed by atoms with Crippen LogP contribution in [0.15, 0.2) is 42.7 Å². The number of carbonyl (C=O) groups is 1. The molecule has 3 heterocycles. The van der Waals surface area contributed by atoms with Gasteiger partial charge in [-0.05, 0) is 36.2 Å². The zero-order valence-electron chi connectivity index (χ0n) is 17.0. The van der Waals surface area contributed by atoms with Gasteiger partial charge >= 0.3 is 12.3 Å². The molecule has 1 amide bonds. The molecule has 0 unspecified atom stereocenters. The molecule has 1 fully saturated rings. The third kappa shape index (κ3) is 4.53. The van der Waals surface area contributed by atoms with Crippen LogP contribution in [0.1, 0.15) is 18.1 Å². The molecule has 1 aliphatic heterocycles. The number of pyridine rings is 1. The first-order valence-corrected chi connectivity index (χ1v) is 11.0. The van der Waals surface area contributed by atoms with Crippen molar-refractivity contribution in [1.82, 2.24) is 14.9 Å². The van der Waals surface area contributed by atoms with E-state index in [0.717, 1.165) is 28.7 Å². The first kappa shape index (κ1) is 22.0. The molecule has 32 heavy (non-hydrogen) atoms. The van der Waals surface area contributed by atoms with E-state index < -0.39 is 17.9 Å². The van der Waals surface area contributed by atoms with Crippen molar-refractivity contribution >= 4 is 28.6 Å². The maximum atomic E-state index is 12.8. The molecule has 1 aliphatic rings.